The van der Waals surface area contributed by atoms with Crippen LogP contribution in [0.4, 0.5) is 0 Å². The zero-order valence-electron chi connectivity index (χ0n) is 18.2. The quantitative estimate of drug-likeness (QED) is 0.427. The van der Waals surface area contributed by atoms with Gasteiger partial charge in [0.1, 0.15) is 5.60 Å². The van der Waals surface area contributed by atoms with Gasteiger partial charge >= 0.3 is 0 Å². The molecule has 0 bridgehead atoms. The molecule has 0 saturated heterocycles. The Morgan fingerprint density at radius 1 is 1.00 bits per heavy atom. The molecule has 2 aliphatic rings. The molecule has 5 rings (SSSR count). The van der Waals surface area contributed by atoms with Gasteiger partial charge in [0.05, 0.1) is 11.3 Å². The third-order valence-electron chi connectivity index (χ3n) is 7.25. The van der Waals surface area contributed by atoms with Crippen LogP contribution in [0.2, 0.25) is 0 Å². The summed E-state index contributed by atoms with van der Waals surface area (Å²) in [7, 11) is 0. The highest BCUT2D eigenvalue weighted by Crippen LogP contribution is 2.62. The molecule has 3 nitrogen and oxygen atoms in total. The van der Waals surface area contributed by atoms with Crippen molar-refractivity contribution in [3.8, 4) is 0 Å². The van der Waals surface area contributed by atoms with Crippen molar-refractivity contribution >= 4 is 38.6 Å². The standard InChI is InChI=1S/C28H25BrO3S/c29-21-11-6-10-20(16-21)17-27-15-7-14-24(26(31)33-18-19-8-2-1-3-9-19)28(27,32)23-13-5-4-12-22(23)25(27)30/h1-6,8-13,16,24,32H,7,14-15,17-18H2/t24-,27+,28+/m0/s1. The molecule has 1 saturated carbocycles. The van der Waals surface area contributed by atoms with E-state index in [4.69, 9.17) is 0 Å². The number of hydrogen-bond acceptors (Lipinski definition) is 4. The van der Waals surface area contributed by atoms with Gasteiger partial charge in [-0.05, 0) is 48.1 Å². The maximum atomic E-state index is 13.9. The topological polar surface area (TPSA) is 54.4 Å². The maximum absolute atomic E-state index is 13.9. The number of benzene rings is 3. The minimum Gasteiger partial charge on any atom is -0.383 e. The van der Waals surface area contributed by atoms with Gasteiger partial charge in [0.25, 0.3) is 0 Å². The molecule has 0 heterocycles. The van der Waals surface area contributed by atoms with Crippen LogP contribution in [0.5, 0.6) is 0 Å². The van der Waals surface area contributed by atoms with E-state index in [1.807, 2.05) is 72.8 Å². The lowest BCUT2D eigenvalue weighted by atomic mass is 9.56. The summed E-state index contributed by atoms with van der Waals surface area (Å²) in [5, 5.41) is 12.4. The van der Waals surface area contributed by atoms with Gasteiger partial charge in [-0.15, -0.1) is 0 Å². The van der Waals surface area contributed by atoms with Crippen LogP contribution in [0, 0.1) is 11.3 Å². The second-order valence-corrected chi connectivity index (χ2v) is 11.0. The van der Waals surface area contributed by atoms with Crippen molar-refractivity contribution in [2.45, 2.75) is 37.0 Å². The highest BCUT2D eigenvalue weighted by molar-refractivity contribution is 9.10. The summed E-state index contributed by atoms with van der Waals surface area (Å²) in [5.41, 5.74) is 0.674. The summed E-state index contributed by atoms with van der Waals surface area (Å²) in [6.07, 6.45) is 2.29. The second-order valence-electron chi connectivity index (χ2n) is 9.07. The lowest BCUT2D eigenvalue weighted by molar-refractivity contribution is -0.150. The molecule has 0 amide bonds. The van der Waals surface area contributed by atoms with E-state index in [1.165, 1.54) is 11.8 Å². The molecule has 0 aliphatic heterocycles. The average Bonchev–Trinajstić information content (AvgIpc) is 3.02. The Morgan fingerprint density at radius 3 is 2.52 bits per heavy atom. The van der Waals surface area contributed by atoms with Crippen LogP contribution in [0.15, 0.2) is 83.3 Å². The largest absolute Gasteiger partial charge is 0.383 e. The molecule has 0 radical (unpaired) electrons. The summed E-state index contributed by atoms with van der Waals surface area (Å²) in [6.45, 7) is 0. The molecular weight excluding hydrogens is 496 g/mol. The van der Waals surface area contributed by atoms with Gasteiger partial charge in [0.2, 0.25) is 0 Å². The molecule has 3 aromatic rings. The molecule has 0 spiro atoms. The van der Waals surface area contributed by atoms with Gasteiger partial charge in [-0.1, -0.05) is 101 Å². The van der Waals surface area contributed by atoms with E-state index in [9.17, 15) is 14.7 Å². The Balaban J connectivity index is 1.55. The van der Waals surface area contributed by atoms with Gasteiger partial charge in [0.15, 0.2) is 10.9 Å². The zero-order valence-corrected chi connectivity index (χ0v) is 20.6. The summed E-state index contributed by atoms with van der Waals surface area (Å²) in [4.78, 5) is 27.5. The average molecular weight is 521 g/mol. The van der Waals surface area contributed by atoms with Gasteiger partial charge in [0, 0.05) is 15.8 Å². The van der Waals surface area contributed by atoms with Gasteiger partial charge in [-0.2, -0.15) is 0 Å². The fourth-order valence-electron chi connectivity index (χ4n) is 5.76. The number of hydrogen-bond donors (Lipinski definition) is 1. The number of rotatable bonds is 5. The van der Waals surface area contributed by atoms with Crippen molar-refractivity contribution < 1.29 is 14.7 Å². The van der Waals surface area contributed by atoms with Crippen molar-refractivity contribution in [3.63, 3.8) is 0 Å². The van der Waals surface area contributed by atoms with Crippen molar-refractivity contribution in [1.29, 1.82) is 0 Å². The number of fused-ring (bicyclic) bond motifs is 3. The van der Waals surface area contributed by atoms with Crippen LogP contribution in [0.25, 0.3) is 0 Å². The number of thioether (sulfide) groups is 1. The molecule has 5 heteroatoms. The van der Waals surface area contributed by atoms with Gasteiger partial charge in [-0.3, -0.25) is 9.59 Å². The predicted octanol–water partition coefficient (Wildman–Crippen LogP) is 6.32. The minimum atomic E-state index is -1.51. The van der Waals surface area contributed by atoms with Crippen molar-refractivity contribution in [2.75, 3.05) is 0 Å². The minimum absolute atomic E-state index is 0.0360. The Morgan fingerprint density at radius 2 is 1.73 bits per heavy atom. The Kier molecular flexibility index (Phi) is 6.06. The second kappa shape index (κ2) is 8.86. The summed E-state index contributed by atoms with van der Waals surface area (Å²) >= 11 is 4.78. The first-order chi connectivity index (χ1) is 16.0. The van der Waals surface area contributed by atoms with E-state index in [1.54, 1.807) is 6.07 Å². The van der Waals surface area contributed by atoms with Crippen molar-refractivity contribution in [3.05, 3.63) is 106 Å². The molecule has 168 valence electrons. The molecule has 1 fully saturated rings. The van der Waals surface area contributed by atoms with Crippen LogP contribution in [-0.2, 0) is 22.6 Å². The number of Topliss-reactive ketones (excluding diaryl/α,β-unsaturated/α-hetero) is 1. The van der Waals surface area contributed by atoms with Crippen LogP contribution in [0.3, 0.4) is 0 Å². The normalized spacial score (nSPS) is 26.0. The summed E-state index contributed by atoms with van der Waals surface area (Å²) in [6, 6.07) is 25.1. The lowest BCUT2D eigenvalue weighted by Gasteiger charge is -2.49. The first-order valence-corrected chi connectivity index (χ1v) is 13.1. The first-order valence-electron chi connectivity index (χ1n) is 11.3. The zero-order chi connectivity index (χ0) is 23.1. The van der Waals surface area contributed by atoms with E-state index >= 15 is 0 Å². The lowest BCUT2D eigenvalue weighted by Crippen LogP contribution is -2.56. The third-order valence-corrected chi connectivity index (χ3v) is 8.79. The molecule has 0 aromatic heterocycles. The molecule has 1 N–H and O–H groups in total. The summed E-state index contributed by atoms with van der Waals surface area (Å²) < 4.78 is 0.935. The number of carbonyl (C=O) groups excluding carboxylic acids is 2. The van der Waals surface area contributed by atoms with E-state index in [-0.39, 0.29) is 10.9 Å². The van der Waals surface area contributed by atoms with Crippen molar-refractivity contribution in [2.24, 2.45) is 11.3 Å². The fraction of sp³-hybridized carbons (Fsp3) is 0.286. The number of ketones is 1. The number of carbonyl (C=O) groups is 2. The maximum Gasteiger partial charge on any atom is 0.195 e. The van der Waals surface area contributed by atoms with E-state index in [0.29, 0.717) is 36.1 Å². The van der Waals surface area contributed by atoms with Crippen LogP contribution >= 0.6 is 27.7 Å². The Hall–Kier alpha value is -2.21. The predicted molar refractivity (Wildman–Crippen MR) is 135 cm³/mol. The SMILES string of the molecule is O=C(SCc1ccccc1)[C@@H]1CCC[C@@]2(Cc3cccc(Br)c3)C(=O)c3ccccc3[C@@]12O. The van der Waals surface area contributed by atoms with E-state index < -0.39 is 16.9 Å². The molecule has 3 aromatic carbocycles. The van der Waals surface area contributed by atoms with Crippen LogP contribution in [-0.4, -0.2) is 16.0 Å². The highest BCUT2D eigenvalue weighted by atomic mass is 79.9. The number of halogens is 1. The van der Waals surface area contributed by atoms with E-state index in [2.05, 4.69) is 15.9 Å². The molecular formula is C28H25BrO3S. The summed E-state index contributed by atoms with van der Waals surface area (Å²) in [5.74, 6) is -0.105. The number of aliphatic hydroxyl groups is 1. The molecule has 0 unspecified atom stereocenters. The first kappa shape index (κ1) is 22.6. The molecule has 2 aliphatic carbocycles. The fourth-order valence-corrected chi connectivity index (χ4v) is 7.20. The van der Waals surface area contributed by atoms with Crippen LogP contribution < -0.4 is 0 Å². The van der Waals surface area contributed by atoms with Gasteiger partial charge < -0.3 is 5.11 Å². The van der Waals surface area contributed by atoms with Crippen molar-refractivity contribution in [1.82, 2.24) is 0 Å². The van der Waals surface area contributed by atoms with Gasteiger partial charge in [-0.25, -0.2) is 0 Å². The highest BCUT2D eigenvalue weighted by Gasteiger charge is 2.67. The third kappa shape index (κ3) is 3.71. The molecule has 3 atom stereocenters. The van der Waals surface area contributed by atoms with E-state index in [0.717, 1.165) is 22.0 Å². The Labute approximate surface area is 206 Å². The molecule has 33 heavy (non-hydrogen) atoms. The Bertz CT molecular complexity index is 1210. The smallest absolute Gasteiger partial charge is 0.195 e. The van der Waals surface area contributed by atoms with Crippen LogP contribution in [0.1, 0.15) is 46.3 Å². The monoisotopic (exact) mass is 520 g/mol.